The number of hydrogen-bond donors (Lipinski definition) is 1. The molecule has 3 aromatic rings. The van der Waals surface area contributed by atoms with Crippen molar-refractivity contribution in [3.63, 3.8) is 0 Å². The Bertz CT molecular complexity index is 982. The van der Waals surface area contributed by atoms with Gasteiger partial charge in [0.1, 0.15) is 0 Å². The predicted octanol–water partition coefficient (Wildman–Crippen LogP) is 3.69. The van der Waals surface area contributed by atoms with E-state index in [1.807, 2.05) is 58.0 Å². The summed E-state index contributed by atoms with van der Waals surface area (Å²) in [5, 5.41) is 2.96. The first-order valence-corrected chi connectivity index (χ1v) is 9.11. The van der Waals surface area contributed by atoms with Crippen LogP contribution in [0.5, 0.6) is 0 Å². The normalized spacial score (nSPS) is 10.8. The Kier molecular flexibility index (Phi) is 5.26. The first-order valence-electron chi connectivity index (χ1n) is 9.11. The lowest BCUT2D eigenvalue weighted by Gasteiger charge is -2.17. The molecular formula is C21H24N4O2. The van der Waals surface area contributed by atoms with Gasteiger partial charge >= 0.3 is 0 Å². The van der Waals surface area contributed by atoms with Gasteiger partial charge in [-0.15, -0.1) is 0 Å². The number of para-hydroxylation sites is 1. The van der Waals surface area contributed by atoms with Crippen LogP contribution in [0.4, 0.5) is 5.69 Å². The number of nitrogens with one attached hydrogen (secondary N) is 1. The molecule has 0 fully saturated rings. The van der Waals surface area contributed by atoms with E-state index in [1.54, 1.807) is 21.6 Å². The maximum absolute atomic E-state index is 13.0. The number of fused-ring (bicyclic) bond motifs is 1. The Morgan fingerprint density at radius 1 is 1.04 bits per heavy atom. The number of carbonyl (C=O) groups excluding carboxylic acids is 2. The van der Waals surface area contributed by atoms with Crippen LogP contribution in [-0.2, 0) is 0 Å². The molecule has 0 radical (unpaired) electrons. The van der Waals surface area contributed by atoms with Gasteiger partial charge in [-0.1, -0.05) is 24.3 Å². The van der Waals surface area contributed by atoms with E-state index in [0.717, 1.165) is 16.8 Å². The van der Waals surface area contributed by atoms with Gasteiger partial charge in [0.05, 0.1) is 5.52 Å². The van der Waals surface area contributed by atoms with Crippen LogP contribution in [0, 0.1) is 13.8 Å². The van der Waals surface area contributed by atoms with Gasteiger partial charge in [0.25, 0.3) is 11.8 Å². The van der Waals surface area contributed by atoms with Gasteiger partial charge in [0.15, 0.2) is 5.69 Å². The second-order valence-corrected chi connectivity index (χ2v) is 6.44. The zero-order valence-corrected chi connectivity index (χ0v) is 16.1. The van der Waals surface area contributed by atoms with Crippen molar-refractivity contribution >= 4 is 23.0 Å². The molecule has 0 saturated heterocycles. The molecule has 0 aliphatic rings. The van der Waals surface area contributed by atoms with Crippen molar-refractivity contribution in [1.82, 2.24) is 14.3 Å². The molecule has 3 rings (SSSR count). The van der Waals surface area contributed by atoms with Gasteiger partial charge < -0.3 is 10.2 Å². The first kappa shape index (κ1) is 18.6. The van der Waals surface area contributed by atoms with Crippen molar-refractivity contribution in [2.45, 2.75) is 27.7 Å². The monoisotopic (exact) mass is 364 g/mol. The lowest BCUT2D eigenvalue weighted by Crippen LogP contribution is -2.32. The number of rotatable bonds is 5. The Balaban J connectivity index is 2.05. The second-order valence-electron chi connectivity index (χ2n) is 6.44. The van der Waals surface area contributed by atoms with Crippen LogP contribution in [0.25, 0.3) is 5.52 Å². The van der Waals surface area contributed by atoms with Crippen molar-refractivity contribution in [1.29, 1.82) is 0 Å². The highest BCUT2D eigenvalue weighted by molar-refractivity contribution is 6.09. The number of nitrogens with zero attached hydrogens (tertiary/aromatic N) is 3. The fourth-order valence-electron chi connectivity index (χ4n) is 3.19. The molecule has 0 atom stereocenters. The number of amides is 2. The van der Waals surface area contributed by atoms with Crippen LogP contribution in [0.1, 0.15) is 46.1 Å². The Labute approximate surface area is 158 Å². The molecule has 0 saturated carbocycles. The summed E-state index contributed by atoms with van der Waals surface area (Å²) in [5.74, 6) is -0.261. The zero-order chi connectivity index (χ0) is 19.6. The molecule has 0 aliphatic heterocycles. The zero-order valence-electron chi connectivity index (χ0n) is 16.1. The molecule has 6 heteroatoms. The van der Waals surface area contributed by atoms with Crippen LogP contribution in [0.2, 0.25) is 0 Å². The summed E-state index contributed by atoms with van der Waals surface area (Å²) in [6.45, 7) is 8.91. The third-order valence-corrected chi connectivity index (χ3v) is 4.73. The lowest BCUT2D eigenvalue weighted by atomic mass is 10.1. The first-order chi connectivity index (χ1) is 13.0. The number of aryl methyl sites for hydroxylation is 2. The molecule has 2 heterocycles. The minimum absolute atomic E-state index is 0.188. The van der Waals surface area contributed by atoms with E-state index in [4.69, 9.17) is 0 Å². The van der Waals surface area contributed by atoms with E-state index in [2.05, 4.69) is 10.3 Å². The number of anilines is 1. The minimum Gasteiger partial charge on any atom is -0.337 e. The van der Waals surface area contributed by atoms with E-state index in [9.17, 15) is 9.59 Å². The van der Waals surface area contributed by atoms with Crippen LogP contribution in [-0.4, -0.2) is 39.2 Å². The smallest absolute Gasteiger partial charge is 0.290 e. The largest absolute Gasteiger partial charge is 0.337 e. The van der Waals surface area contributed by atoms with Crippen molar-refractivity contribution in [3.8, 4) is 0 Å². The average molecular weight is 364 g/mol. The van der Waals surface area contributed by atoms with E-state index in [-0.39, 0.29) is 23.3 Å². The molecule has 0 unspecified atom stereocenters. The molecule has 2 amide bonds. The quantitative estimate of drug-likeness (QED) is 0.751. The summed E-state index contributed by atoms with van der Waals surface area (Å²) in [5.41, 5.74) is 3.58. The molecule has 1 aromatic carbocycles. The minimum atomic E-state index is -0.324. The van der Waals surface area contributed by atoms with Crippen LogP contribution < -0.4 is 5.32 Å². The van der Waals surface area contributed by atoms with Crippen LogP contribution >= 0.6 is 0 Å². The average Bonchev–Trinajstić information content (AvgIpc) is 3.05. The summed E-state index contributed by atoms with van der Waals surface area (Å²) < 4.78 is 1.68. The van der Waals surface area contributed by atoms with E-state index >= 15 is 0 Å². The van der Waals surface area contributed by atoms with Crippen LogP contribution in [0.3, 0.4) is 0 Å². The van der Waals surface area contributed by atoms with Gasteiger partial charge in [-0.2, -0.15) is 0 Å². The maximum Gasteiger partial charge on any atom is 0.290 e. The predicted molar refractivity (Wildman–Crippen MR) is 106 cm³/mol. The summed E-state index contributed by atoms with van der Waals surface area (Å²) >= 11 is 0. The highest BCUT2D eigenvalue weighted by atomic mass is 16.2. The van der Waals surface area contributed by atoms with Gasteiger partial charge in [-0.25, -0.2) is 4.98 Å². The van der Waals surface area contributed by atoms with E-state index < -0.39 is 0 Å². The lowest BCUT2D eigenvalue weighted by molar-refractivity contribution is 0.0760. The molecule has 0 spiro atoms. The van der Waals surface area contributed by atoms with Crippen molar-refractivity contribution < 1.29 is 9.59 Å². The molecule has 0 aliphatic carbocycles. The number of imidazole rings is 1. The third-order valence-electron chi connectivity index (χ3n) is 4.73. The molecule has 2 aromatic heterocycles. The highest BCUT2D eigenvalue weighted by Gasteiger charge is 2.24. The number of benzene rings is 1. The number of aromatic nitrogens is 2. The molecule has 0 bridgehead atoms. The fourth-order valence-corrected chi connectivity index (χ4v) is 3.19. The van der Waals surface area contributed by atoms with Gasteiger partial charge in [0.2, 0.25) is 5.82 Å². The van der Waals surface area contributed by atoms with Crippen molar-refractivity contribution in [2.75, 3.05) is 18.4 Å². The Morgan fingerprint density at radius 2 is 1.70 bits per heavy atom. The van der Waals surface area contributed by atoms with Gasteiger partial charge in [-0.05, 0) is 51.0 Å². The van der Waals surface area contributed by atoms with Crippen LogP contribution in [0.15, 0.2) is 42.6 Å². The van der Waals surface area contributed by atoms with E-state index in [1.165, 1.54) is 0 Å². The summed E-state index contributed by atoms with van der Waals surface area (Å²) in [4.78, 5) is 31.9. The molecule has 140 valence electrons. The van der Waals surface area contributed by atoms with Crippen molar-refractivity contribution in [3.05, 3.63) is 65.2 Å². The summed E-state index contributed by atoms with van der Waals surface area (Å²) in [7, 11) is 0. The number of pyridine rings is 1. The second kappa shape index (κ2) is 7.61. The maximum atomic E-state index is 13.0. The van der Waals surface area contributed by atoms with Gasteiger partial charge in [-0.3, -0.25) is 14.0 Å². The highest BCUT2D eigenvalue weighted by Crippen LogP contribution is 2.22. The summed E-state index contributed by atoms with van der Waals surface area (Å²) in [6.07, 6.45) is 1.76. The Morgan fingerprint density at radius 3 is 2.33 bits per heavy atom. The molecular weight excluding hydrogens is 340 g/mol. The Hall–Kier alpha value is -3.15. The molecule has 27 heavy (non-hydrogen) atoms. The van der Waals surface area contributed by atoms with Crippen molar-refractivity contribution in [2.24, 2.45) is 0 Å². The number of carbonyl (C=O) groups is 2. The SMILES string of the molecule is CCN(CC)C(=O)c1nc(C(=O)Nc2c(C)cccc2C)c2ccccn12. The van der Waals surface area contributed by atoms with E-state index in [0.29, 0.717) is 18.6 Å². The topological polar surface area (TPSA) is 66.7 Å². The molecule has 1 N–H and O–H groups in total. The third kappa shape index (κ3) is 3.43. The number of hydrogen-bond acceptors (Lipinski definition) is 3. The molecule has 6 nitrogen and oxygen atoms in total. The standard InChI is InChI=1S/C21H24N4O2/c1-5-24(6-2)21(27)19-22-18(16-12-7-8-13-25(16)19)20(26)23-17-14(3)10-9-11-15(17)4/h7-13H,5-6H2,1-4H3,(H,23,26). The van der Waals surface area contributed by atoms with Gasteiger partial charge in [0, 0.05) is 25.0 Å². The summed E-state index contributed by atoms with van der Waals surface area (Å²) in [6, 6.07) is 11.3. The fraction of sp³-hybridized carbons (Fsp3) is 0.286.